The minimum absolute atomic E-state index is 0.0230. The van der Waals surface area contributed by atoms with E-state index in [1.54, 1.807) is 13.8 Å². The number of carbonyl (C=O) groups excluding carboxylic acids is 1. The second-order valence-corrected chi connectivity index (χ2v) is 5.43. The molecule has 0 aliphatic heterocycles. The summed E-state index contributed by atoms with van der Waals surface area (Å²) in [4.78, 5) is 32.5. The lowest BCUT2D eigenvalue weighted by Crippen LogP contribution is -2.44. The van der Waals surface area contributed by atoms with Crippen LogP contribution in [0.2, 0.25) is 0 Å². The van der Waals surface area contributed by atoms with Crippen molar-refractivity contribution in [3.05, 3.63) is 39.9 Å². The largest absolute Gasteiger partial charge is 0.481 e. The average molecular weight is 294 g/mol. The standard InChI is InChI=1S/C14H18N2O5/c1-14(2,8-7-13(18)19)15-12(17)9-10-3-5-11(6-4-10)16(20)21/h3-6H,7-9H2,1-2H3,(H,15,17)(H,18,19). The lowest BCUT2D eigenvalue weighted by Gasteiger charge is -2.25. The van der Waals surface area contributed by atoms with Crippen LogP contribution in [0.4, 0.5) is 5.69 Å². The van der Waals surface area contributed by atoms with Gasteiger partial charge in [-0.15, -0.1) is 0 Å². The number of benzene rings is 1. The third-order valence-corrected chi connectivity index (χ3v) is 2.95. The molecule has 0 fully saturated rings. The lowest BCUT2D eigenvalue weighted by atomic mass is 9.98. The van der Waals surface area contributed by atoms with E-state index in [9.17, 15) is 19.7 Å². The number of carboxylic acid groups (broad SMARTS) is 1. The molecule has 7 heteroatoms. The van der Waals surface area contributed by atoms with Crippen molar-refractivity contribution in [3.8, 4) is 0 Å². The summed E-state index contributed by atoms with van der Waals surface area (Å²) >= 11 is 0. The molecule has 2 N–H and O–H groups in total. The summed E-state index contributed by atoms with van der Waals surface area (Å²) in [5.41, 5.74) is 0.0177. The van der Waals surface area contributed by atoms with Crippen LogP contribution in [0.25, 0.3) is 0 Å². The molecule has 0 atom stereocenters. The van der Waals surface area contributed by atoms with Gasteiger partial charge in [-0.3, -0.25) is 19.7 Å². The SMILES string of the molecule is CC(C)(CCC(=O)O)NC(=O)Cc1ccc([N+](=O)[O-])cc1. The van der Waals surface area contributed by atoms with Gasteiger partial charge in [-0.2, -0.15) is 0 Å². The van der Waals surface area contributed by atoms with Crippen LogP contribution in [-0.2, 0) is 16.0 Å². The van der Waals surface area contributed by atoms with Gasteiger partial charge in [0.25, 0.3) is 5.69 Å². The van der Waals surface area contributed by atoms with E-state index < -0.39 is 16.4 Å². The molecule has 0 aromatic heterocycles. The van der Waals surface area contributed by atoms with E-state index in [1.165, 1.54) is 24.3 Å². The molecule has 1 rings (SSSR count). The van der Waals surface area contributed by atoms with Gasteiger partial charge >= 0.3 is 5.97 Å². The first-order valence-electron chi connectivity index (χ1n) is 6.46. The fraction of sp³-hybridized carbons (Fsp3) is 0.429. The highest BCUT2D eigenvalue weighted by Crippen LogP contribution is 2.14. The van der Waals surface area contributed by atoms with Gasteiger partial charge in [0.2, 0.25) is 5.91 Å². The molecular formula is C14H18N2O5. The Hall–Kier alpha value is -2.44. The molecule has 21 heavy (non-hydrogen) atoms. The van der Waals surface area contributed by atoms with Gasteiger partial charge in [-0.05, 0) is 25.8 Å². The van der Waals surface area contributed by atoms with Gasteiger partial charge in [0.15, 0.2) is 0 Å². The highest BCUT2D eigenvalue weighted by atomic mass is 16.6. The van der Waals surface area contributed by atoms with Crippen LogP contribution in [0, 0.1) is 10.1 Å². The first-order valence-corrected chi connectivity index (χ1v) is 6.46. The number of amides is 1. The Bertz CT molecular complexity index is 537. The molecule has 114 valence electrons. The first-order chi connectivity index (χ1) is 9.69. The molecular weight excluding hydrogens is 276 g/mol. The van der Waals surface area contributed by atoms with Crippen LogP contribution < -0.4 is 5.32 Å². The van der Waals surface area contributed by atoms with Gasteiger partial charge in [-0.1, -0.05) is 12.1 Å². The quantitative estimate of drug-likeness (QED) is 0.589. The fourth-order valence-electron chi connectivity index (χ4n) is 1.82. The molecule has 0 saturated carbocycles. The number of nitrogens with one attached hydrogen (secondary N) is 1. The van der Waals surface area contributed by atoms with Crippen LogP contribution in [0.1, 0.15) is 32.3 Å². The van der Waals surface area contributed by atoms with Crippen molar-refractivity contribution in [2.75, 3.05) is 0 Å². The van der Waals surface area contributed by atoms with Gasteiger partial charge in [0.1, 0.15) is 0 Å². The number of aliphatic carboxylic acids is 1. The third kappa shape index (κ3) is 6.03. The summed E-state index contributed by atoms with van der Waals surface area (Å²) in [7, 11) is 0. The Morgan fingerprint density at radius 2 is 1.86 bits per heavy atom. The second-order valence-electron chi connectivity index (χ2n) is 5.43. The number of non-ortho nitro benzene ring substituents is 1. The monoisotopic (exact) mass is 294 g/mol. The molecule has 0 saturated heterocycles. The molecule has 0 bridgehead atoms. The predicted octanol–water partition coefficient (Wildman–Crippen LogP) is 1.90. The maximum Gasteiger partial charge on any atom is 0.303 e. The van der Waals surface area contributed by atoms with E-state index >= 15 is 0 Å². The molecule has 0 aliphatic carbocycles. The second kappa shape index (κ2) is 6.83. The minimum Gasteiger partial charge on any atom is -0.481 e. The Kier molecular flexibility index (Phi) is 5.40. The summed E-state index contributed by atoms with van der Waals surface area (Å²) < 4.78 is 0. The summed E-state index contributed by atoms with van der Waals surface area (Å²) in [6, 6.07) is 5.75. The van der Waals surface area contributed by atoms with Crippen molar-refractivity contribution in [3.63, 3.8) is 0 Å². The summed E-state index contributed by atoms with van der Waals surface area (Å²) in [5.74, 6) is -1.16. The van der Waals surface area contributed by atoms with E-state index in [0.29, 0.717) is 12.0 Å². The predicted molar refractivity (Wildman–Crippen MR) is 75.9 cm³/mol. The maximum atomic E-state index is 11.9. The number of nitro benzene ring substituents is 1. The molecule has 0 radical (unpaired) electrons. The van der Waals surface area contributed by atoms with E-state index in [2.05, 4.69) is 5.32 Å². The molecule has 0 aliphatic rings. The van der Waals surface area contributed by atoms with E-state index in [0.717, 1.165) is 0 Å². The van der Waals surface area contributed by atoms with E-state index in [1.807, 2.05) is 0 Å². The van der Waals surface area contributed by atoms with Gasteiger partial charge < -0.3 is 10.4 Å². The third-order valence-electron chi connectivity index (χ3n) is 2.95. The maximum absolute atomic E-state index is 11.9. The molecule has 1 aromatic carbocycles. The van der Waals surface area contributed by atoms with Gasteiger partial charge in [0, 0.05) is 24.1 Å². The fourth-order valence-corrected chi connectivity index (χ4v) is 1.82. The number of hydrogen-bond donors (Lipinski definition) is 2. The zero-order valence-electron chi connectivity index (χ0n) is 12.0. The van der Waals surface area contributed by atoms with Crippen molar-refractivity contribution in [2.24, 2.45) is 0 Å². The molecule has 0 spiro atoms. The lowest BCUT2D eigenvalue weighted by molar-refractivity contribution is -0.384. The van der Waals surface area contributed by atoms with Crippen molar-refractivity contribution < 1.29 is 19.6 Å². The zero-order chi connectivity index (χ0) is 16.0. The molecule has 0 unspecified atom stereocenters. The summed E-state index contributed by atoms with van der Waals surface area (Å²) in [6.45, 7) is 3.51. The highest BCUT2D eigenvalue weighted by molar-refractivity contribution is 5.79. The summed E-state index contributed by atoms with van der Waals surface area (Å²) in [5, 5.41) is 21.9. The van der Waals surface area contributed by atoms with Crippen molar-refractivity contribution >= 4 is 17.6 Å². The Morgan fingerprint density at radius 3 is 2.33 bits per heavy atom. The molecule has 0 heterocycles. The van der Waals surface area contributed by atoms with Crippen LogP contribution >= 0.6 is 0 Å². The van der Waals surface area contributed by atoms with Crippen molar-refractivity contribution in [1.82, 2.24) is 5.32 Å². The highest BCUT2D eigenvalue weighted by Gasteiger charge is 2.21. The number of nitrogens with zero attached hydrogens (tertiary/aromatic N) is 1. The number of carbonyl (C=O) groups is 2. The van der Waals surface area contributed by atoms with E-state index in [4.69, 9.17) is 5.11 Å². The van der Waals surface area contributed by atoms with E-state index in [-0.39, 0.29) is 24.4 Å². The minimum atomic E-state index is -0.910. The van der Waals surface area contributed by atoms with Gasteiger partial charge in [-0.25, -0.2) is 0 Å². The van der Waals surface area contributed by atoms with Crippen molar-refractivity contribution in [1.29, 1.82) is 0 Å². The van der Waals surface area contributed by atoms with Crippen LogP contribution in [-0.4, -0.2) is 27.4 Å². The summed E-state index contributed by atoms with van der Waals surface area (Å²) in [6.07, 6.45) is 0.396. The number of carboxylic acids is 1. The molecule has 1 amide bonds. The molecule has 7 nitrogen and oxygen atoms in total. The normalized spacial score (nSPS) is 11.0. The Balaban J connectivity index is 2.56. The zero-order valence-corrected chi connectivity index (χ0v) is 12.0. The van der Waals surface area contributed by atoms with Gasteiger partial charge in [0.05, 0.1) is 11.3 Å². The smallest absolute Gasteiger partial charge is 0.303 e. The number of hydrogen-bond acceptors (Lipinski definition) is 4. The topological polar surface area (TPSA) is 110 Å². The Labute approximate surface area is 122 Å². The van der Waals surface area contributed by atoms with Crippen molar-refractivity contribution in [2.45, 2.75) is 38.6 Å². The van der Waals surface area contributed by atoms with Crippen LogP contribution in [0.15, 0.2) is 24.3 Å². The van der Waals surface area contributed by atoms with Crippen LogP contribution in [0.3, 0.4) is 0 Å². The average Bonchev–Trinajstić information content (AvgIpc) is 2.36. The number of rotatable bonds is 7. The number of nitro groups is 1. The van der Waals surface area contributed by atoms with Crippen LogP contribution in [0.5, 0.6) is 0 Å². The Morgan fingerprint density at radius 1 is 1.29 bits per heavy atom. The molecule has 1 aromatic rings. The first kappa shape index (κ1) is 16.6.